The molecule has 0 radical (unpaired) electrons. The van der Waals surface area contributed by atoms with E-state index in [0.717, 1.165) is 24.3 Å². The van der Waals surface area contributed by atoms with E-state index in [1.807, 2.05) is 43.3 Å². The molecule has 0 saturated carbocycles. The first-order chi connectivity index (χ1) is 12.6. The fraction of sp³-hybridized carbons (Fsp3) is 0.286. The van der Waals surface area contributed by atoms with Gasteiger partial charge in [0, 0.05) is 18.8 Å². The fourth-order valence-corrected chi connectivity index (χ4v) is 4.05. The van der Waals surface area contributed by atoms with E-state index in [1.165, 1.54) is 23.8 Å². The topological polar surface area (TPSA) is 55.2 Å². The quantitative estimate of drug-likeness (QED) is 0.531. The standard InChI is InChI=1S/C21H19N3O2/c1-13-5-8-18-16(11-13)19(25)20-22-17-7-6-14(23-9-3-2-4-10-23)12-15(17)21(26)24(18)20/h5-8,11-12H,2-4,9-10H2,1H3. The maximum absolute atomic E-state index is 13.2. The Hall–Kier alpha value is -2.95. The second-order valence-electron chi connectivity index (χ2n) is 7.17. The molecule has 1 saturated heterocycles. The van der Waals surface area contributed by atoms with Crippen LogP contribution in [0, 0.1) is 6.92 Å². The van der Waals surface area contributed by atoms with Crippen molar-refractivity contribution in [3.8, 4) is 5.69 Å². The van der Waals surface area contributed by atoms with Gasteiger partial charge in [0.1, 0.15) is 0 Å². The predicted octanol–water partition coefficient (Wildman–Crippen LogP) is 3.23. The molecule has 5 heteroatoms. The van der Waals surface area contributed by atoms with E-state index in [2.05, 4.69) is 9.88 Å². The third kappa shape index (κ3) is 2.13. The van der Waals surface area contributed by atoms with Gasteiger partial charge in [0.2, 0.25) is 5.78 Å². The molecule has 2 aliphatic rings. The van der Waals surface area contributed by atoms with Crippen LogP contribution in [0.4, 0.5) is 5.69 Å². The van der Waals surface area contributed by atoms with Crippen LogP contribution in [0.1, 0.15) is 41.0 Å². The summed E-state index contributed by atoms with van der Waals surface area (Å²) in [4.78, 5) is 32.8. The second-order valence-corrected chi connectivity index (χ2v) is 7.17. The Morgan fingerprint density at radius 1 is 0.962 bits per heavy atom. The van der Waals surface area contributed by atoms with Crippen LogP contribution in [0.3, 0.4) is 0 Å². The van der Waals surface area contributed by atoms with Gasteiger partial charge in [-0.2, -0.15) is 0 Å². The Kier molecular flexibility index (Phi) is 3.26. The van der Waals surface area contributed by atoms with Gasteiger partial charge in [-0.25, -0.2) is 4.98 Å². The fourth-order valence-electron chi connectivity index (χ4n) is 4.05. The molecule has 2 aliphatic heterocycles. The summed E-state index contributed by atoms with van der Waals surface area (Å²) < 4.78 is 1.47. The average molecular weight is 345 g/mol. The van der Waals surface area contributed by atoms with Crippen molar-refractivity contribution in [1.82, 2.24) is 9.55 Å². The number of aromatic nitrogens is 2. The van der Waals surface area contributed by atoms with Crippen molar-refractivity contribution >= 4 is 22.4 Å². The number of anilines is 1. The highest BCUT2D eigenvalue weighted by atomic mass is 16.1. The number of carbonyl (C=O) groups excluding carboxylic acids is 1. The molecule has 0 unspecified atom stereocenters. The lowest BCUT2D eigenvalue weighted by molar-refractivity contribution is 0.103. The summed E-state index contributed by atoms with van der Waals surface area (Å²) in [6.45, 7) is 3.98. The van der Waals surface area contributed by atoms with E-state index in [9.17, 15) is 9.59 Å². The molecular formula is C21H19N3O2. The van der Waals surface area contributed by atoms with Gasteiger partial charge in [0.05, 0.1) is 22.2 Å². The van der Waals surface area contributed by atoms with E-state index in [-0.39, 0.29) is 17.2 Å². The highest BCUT2D eigenvalue weighted by molar-refractivity contribution is 6.13. The number of fused-ring (bicyclic) bond motifs is 4. The van der Waals surface area contributed by atoms with Gasteiger partial charge in [-0.3, -0.25) is 14.2 Å². The lowest BCUT2D eigenvalue weighted by Gasteiger charge is -2.28. The van der Waals surface area contributed by atoms with Gasteiger partial charge in [0.15, 0.2) is 5.82 Å². The monoisotopic (exact) mass is 345 g/mol. The first-order valence-electron chi connectivity index (χ1n) is 9.11. The summed E-state index contributed by atoms with van der Waals surface area (Å²) in [6, 6.07) is 11.4. The molecule has 130 valence electrons. The van der Waals surface area contributed by atoms with Crippen LogP contribution in [0.5, 0.6) is 0 Å². The van der Waals surface area contributed by atoms with Gasteiger partial charge >= 0.3 is 0 Å². The summed E-state index contributed by atoms with van der Waals surface area (Å²) in [7, 11) is 0. The van der Waals surface area contributed by atoms with Crippen LogP contribution in [0.25, 0.3) is 16.6 Å². The molecule has 0 N–H and O–H groups in total. The van der Waals surface area contributed by atoms with Crippen LogP contribution >= 0.6 is 0 Å². The lowest BCUT2D eigenvalue weighted by atomic mass is 10.1. The van der Waals surface area contributed by atoms with Crippen molar-refractivity contribution in [2.24, 2.45) is 0 Å². The second kappa shape index (κ2) is 5.53. The van der Waals surface area contributed by atoms with Gasteiger partial charge in [-0.1, -0.05) is 11.6 Å². The molecule has 1 fully saturated rings. The number of carbonyl (C=O) groups is 1. The number of aryl methyl sites for hydroxylation is 1. The molecule has 5 rings (SSSR count). The van der Waals surface area contributed by atoms with E-state index in [4.69, 9.17) is 0 Å². The summed E-state index contributed by atoms with van der Waals surface area (Å²) in [5.74, 6) is 0.0385. The van der Waals surface area contributed by atoms with E-state index >= 15 is 0 Å². The van der Waals surface area contributed by atoms with Gasteiger partial charge < -0.3 is 4.90 Å². The van der Waals surface area contributed by atoms with Crippen LogP contribution < -0.4 is 10.5 Å². The summed E-state index contributed by atoms with van der Waals surface area (Å²) in [5, 5.41) is 0.568. The molecule has 1 aromatic heterocycles. The molecule has 0 aliphatic carbocycles. The SMILES string of the molecule is Cc1ccc2c(c1)C(=O)c1nc3ccc(N4CCCCC4)cc3c(=O)n1-2. The highest BCUT2D eigenvalue weighted by Crippen LogP contribution is 2.28. The van der Waals surface area contributed by atoms with E-state index < -0.39 is 0 Å². The number of piperidine rings is 1. The Morgan fingerprint density at radius 3 is 2.58 bits per heavy atom. The van der Waals surface area contributed by atoms with Crippen LogP contribution in [0.15, 0.2) is 41.2 Å². The summed E-state index contributed by atoms with van der Waals surface area (Å²) in [5.41, 5.74) is 3.67. The molecule has 0 spiro atoms. The summed E-state index contributed by atoms with van der Waals surface area (Å²) >= 11 is 0. The van der Waals surface area contributed by atoms with Gasteiger partial charge in [0.25, 0.3) is 5.56 Å². The Morgan fingerprint density at radius 2 is 1.77 bits per heavy atom. The zero-order chi connectivity index (χ0) is 17.8. The average Bonchev–Trinajstić information content (AvgIpc) is 2.94. The number of hydrogen-bond donors (Lipinski definition) is 0. The minimum absolute atomic E-state index is 0.167. The molecule has 0 atom stereocenters. The molecule has 26 heavy (non-hydrogen) atoms. The zero-order valence-electron chi connectivity index (χ0n) is 14.7. The first-order valence-corrected chi connectivity index (χ1v) is 9.11. The van der Waals surface area contributed by atoms with Crippen molar-refractivity contribution < 1.29 is 4.79 Å². The molecule has 3 aromatic rings. The predicted molar refractivity (Wildman–Crippen MR) is 102 cm³/mol. The maximum Gasteiger partial charge on any atom is 0.266 e. The highest BCUT2D eigenvalue weighted by Gasteiger charge is 2.30. The maximum atomic E-state index is 13.2. The van der Waals surface area contributed by atoms with Gasteiger partial charge in [-0.05, 0) is 56.5 Å². The number of benzene rings is 2. The molecule has 2 aromatic carbocycles. The number of rotatable bonds is 1. The van der Waals surface area contributed by atoms with E-state index in [0.29, 0.717) is 22.2 Å². The van der Waals surface area contributed by atoms with Crippen LogP contribution in [0.2, 0.25) is 0 Å². The molecule has 0 bridgehead atoms. The summed E-state index contributed by atoms with van der Waals surface area (Å²) in [6.07, 6.45) is 3.63. The van der Waals surface area contributed by atoms with E-state index in [1.54, 1.807) is 0 Å². The minimum Gasteiger partial charge on any atom is -0.372 e. The third-order valence-electron chi connectivity index (χ3n) is 5.41. The third-order valence-corrected chi connectivity index (χ3v) is 5.41. The first kappa shape index (κ1) is 15.3. The largest absolute Gasteiger partial charge is 0.372 e. The lowest BCUT2D eigenvalue weighted by Crippen LogP contribution is -2.29. The smallest absolute Gasteiger partial charge is 0.266 e. The Balaban J connectivity index is 1.73. The van der Waals surface area contributed by atoms with Crippen molar-refractivity contribution in [3.05, 3.63) is 63.7 Å². The normalized spacial score (nSPS) is 16.0. The minimum atomic E-state index is -0.178. The number of ketones is 1. The number of nitrogens with zero attached hydrogens (tertiary/aromatic N) is 3. The van der Waals surface area contributed by atoms with Crippen molar-refractivity contribution in [2.45, 2.75) is 26.2 Å². The van der Waals surface area contributed by atoms with Crippen LogP contribution in [-0.4, -0.2) is 28.4 Å². The van der Waals surface area contributed by atoms with Crippen LogP contribution in [-0.2, 0) is 0 Å². The Labute approximate surface area is 150 Å². The van der Waals surface area contributed by atoms with Crippen molar-refractivity contribution in [1.29, 1.82) is 0 Å². The van der Waals surface area contributed by atoms with Crippen molar-refractivity contribution in [2.75, 3.05) is 18.0 Å². The van der Waals surface area contributed by atoms with Gasteiger partial charge in [-0.15, -0.1) is 0 Å². The molecule has 5 nitrogen and oxygen atoms in total. The zero-order valence-corrected chi connectivity index (χ0v) is 14.7. The number of hydrogen-bond acceptors (Lipinski definition) is 4. The molecule has 3 heterocycles. The van der Waals surface area contributed by atoms with Crippen molar-refractivity contribution in [3.63, 3.8) is 0 Å². The molecule has 0 amide bonds. The Bertz CT molecular complexity index is 1120. The molecular weight excluding hydrogens is 326 g/mol.